The van der Waals surface area contributed by atoms with Gasteiger partial charge >= 0.3 is 0 Å². The number of rotatable bonds is 8. The summed E-state index contributed by atoms with van der Waals surface area (Å²) in [5, 5.41) is 0. The zero-order valence-corrected chi connectivity index (χ0v) is 16.5. The molecule has 1 N–H and O–H groups in total. The molecule has 142 valence electrons. The molecular formula is C19H25NO5S. The lowest BCUT2D eigenvalue weighted by Gasteiger charge is -2.14. The first-order chi connectivity index (χ1) is 12.3. The van der Waals surface area contributed by atoms with Crippen molar-refractivity contribution in [3.8, 4) is 17.2 Å². The molecule has 26 heavy (non-hydrogen) atoms. The topological polar surface area (TPSA) is 73.9 Å². The van der Waals surface area contributed by atoms with Gasteiger partial charge in [-0.2, -0.15) is 0 Å². The molecule has 0 heterocycles. The van der Waals surface area contributed by atoms with Gasteiger partial charge in [0.05, 0.1) is 26.2 Å². The highest BCUT2D eigenvalue weighted by molar-refractivity contribution is 7.89. The van der Waals surface area contributed by atoms with Crippen molar-refractivity contribution in [1.82, 2.24) is 4.72 Å². The third-order valence-corrected chi connectivity index (χ3v) is 5.47. The second kappa shape index (κ2) is 8.42. The molecule has 0 amide bonds. The molecule has 0 aromatic heterocycles. The van der Waals surface area contributed by atoms with Crippen LogP contribution in [0.1, 0.15) is 30.9 Å². The normalized spacial score (nSPS) is 11.5. The lowest BCUT2D eigenvalue weighted by atomic mass is 10.0. The van der Waals surface area contributed by atoms with Gasteiger partial charge in [-0.25, -0.2) is 13.1 Å². The summed E-state index contributed by atoms with van der Waals surface area (Å²) >= 11 is 0. The first-order valence-electron chi connectivity index (χ1n) is 8.21. The number of nitrogens with one attached hydrogen (secondary N) is 1. The van der Waals surface area contributed by atoms with Crippen molar-refractivity contribution in [2.24, 2.45) is 0 Å². The molecule has 0 aliphatic heterocycles. The van der Waals surface area contributed by atoms with Gasteiger partial charge in [0.1, 0.15) is 0 Å². The Morgan fingerprint density at radius 3 is 1.88 bits per heavy atom. The second-order valence-electron chi connectivity index (χ2n) is 6.08. The van der Waals surface area contributed by atoms with Gasteiger partial charge < -0.3 is 14.2 Å². The number of methoxy groups -OCH3 is 3. The first-order valence-corrected chi connectivity index (χ1v) is 9.69. The van der Waals surface area contributed by atoms with Crippen molar-refractivity contribution in [3.05, 3.63) is 47.5 Å². The SMILES string of the molecule is COc1cc(CNS(=O)(=O)c2ccc(C(C)C)cc2)cc(OC)c1OC. The summed E-state index contributed by atoms with van der Waals surface area (Å²) in [6, 6.07) is 10.3. The van der Waals surface area contributed by atoms with Gasteiger partial charge in [-0.15, -0.1) is 0 Å². The van der Waals surface area contributed by atoms with Crippen LogP contribution in [0.3, 0.4) is 0 Å². The van der Waals surface area contributed by atoms with E-state index >= 15 is 0 Å². The van der Waals surface area contributed by atoms with E-state index in [2.05, 4.69) is 18.6 Å². The molecule has 0 saturated carbocycles. The van der Waals surface area contributed by atoms with Gasteiger partial charge in [0.25, 0.3) is 0 Å². The van der Waals surface area contributed by atoms with Crippen molar-refractivity contribution in [2.45, 2.75) is 31.2 Å². The van der Waals surface area contributed by atoms with Crippen LogP contribution in [0, 0.1) is 0 Å². The fourth-order valence-electron chi connectivity index (χ4n) is 2.53. The van der Waals surface area contributed by atoms with Crippen LogP contribution in [0.25, 0.3) is 0 Å². The minimum Gasteiger partial charge on any atom is -0.493 e. The Kier molecular flexibility index (Phi) is 6.50. The maximum absolute atomic E-state index is 12.5. The number of sulfonamides is 1. The van der Waals surface area contributed by atoms with Gasteiger partial charge in [0, 0.05) is 6.54 Å². The third-order valence-electron chi connectivity index (χ3n) is 4.05. The van der Waals surface area contributed by atoms with E-state index in [9.17, 15) is 8.42 Å². The predicted octanol–water partition coefficient (Wildman–Crippen LogP) is 3.31. The average Bonchev–Trinajstić information content (AvgIpc) is 2.65. The summed E-state index contributed by atoms with van der Waals surface area (Å²) in [7, 11) is 0.930. The Bertz CT molecular complexity index is 820. The highest BCUT2D eigenvalue weighted by Gasteiger charge is 2.17. The van der Waals surface area contributed by atoms with Crippen molar-refractivity contribution >= 4 is 10.0 Å². The highest BCUT2D eigenvalue weighted by atomic mass is 32.2. The largest absolute Gasteiger partial charge is 0.493 e. The maximum atomic E-state index is 12.5. The van der Waals surface area contributed by atoms with Gasteiger partial charge in [-0.05, 0) is 41.3 Å². The monoisotopic (exact) mass is 379 g/mol. The molecule has 0 bridgehead atoms. The Balaban J connectivity index is 2.21. The van der Waals surface area contributed by atoms with Gasteiger partial charge in [-0.1, -0.05) is 26.0 Å². The highest BCUT2D eigenvalue weighted by Crippen LogP contribution is 2.38. The lowest BCUT2D eigenvalue weighted by Crippen LogP contribution is -2.23. The molecule has 0 unspecified atom stereocenters. The number of hydrogen-bond donors (Lipinski definition) is 1. The average molecular weight is 379 g/mol. The fourth-order valence-corrected chi connectivity index (χ4v) is 3.55. The molecule has 6 nitrogen and oxygen atoms in total. The molecule has 0 spiro atoms. The van der Waals surface area contributed by atoms with E-state index in [1.807, 2.05) is 12.1 Å². The minimum atomic E-state index is -3.62. The van der Waals surface area contributed by atoms with Crippen LogP contribution in [-0.4, -0.2) is 29.7 Å². The van der Waals surface area contributed by atoms with Crippen molar-refractivity contribution < 1.29 is 22.6 Å². The maximum Gasteiger partial charge on any atom is 0.240 e. The summed E-state index contributed by atoms with van der Waals surface area (Å²) < 4.78 is 43.5. The van der Waals surface area contributed by atoms with Crippen molar-refractivity contribution in [3.63, 3.8) is 0 Å². The van der Waals surface area contributed by atoms with Crippen LogP contribution in [0.2, 0.25) is 0 Å². The van der Waals surface area contributed by atoms with E-state index in [0.717, 1.165) is 5.56 Å². The van der Waals surface area contributed by atoms with Crippen LogP contribution in [-0.2, 0) is 16.6 Å². The Morgan fingerprint density at radius 2 is 1.46 bits per heavy atom. The lowest BCUT2D eigenvalue weighted by molar-refractivity contribution is 0.323. The molecule has 0 fully saturated rings. The standard InChI is InChI=1S/C19H25NO5S/c1-13(2)15-6-8-16(9-7-15)26(21,22)20-12-14-10-17(23-3)19(25-5)18(11-14)24-4/h6-11,13,20H,12H2,1-5H3. The molecule has 0 saturated heterocycles. The van der Waals surface area contributed by atoms with Gasteiger partial charge in [-0.3, -0.25) is 0 Å². The van der Waals surface area contributed by atoms with Crippen LogP contribution in [0.5, 0.6) is 17.2 Å². The van der Waals surface area contributed by atoms with Crippen molar-refractivity contribution in [1.29, 1.82) is 0 Å². The Hall–Kier alpha value is -2.25. The third kappa shape index (κ3) is 4.47. The van der Waals surface area contributed by atoms with Crippen LogP contribution >= 0.6 is 0 Å². The molecule has 0 aliphatic rings. The first kappa shape index (κ1) is 20.1. The molecule has 2 aromatic rings. The predicted molar refractivity (Wildman–Crippen MR) is 101 cm³/mol. The molecule has 2 aromatic carbocycles. The van der Waals surface area contributed by atoms with E-state index in [4.69, 9.17) is 14.2 Å². The molecule has 2 rings (SSSR count). The van der Waals surface area contributed by atoms with Crippen LogP contribution in [0.4, 0.5) is 0 Å². The summed E-state index contributed by atoms with van der Waals surface area (Å²) in [4.78, 5) is 0.231. The summed E-state index contributed by atoms with van der Waals surface area (Å²) in [6.07, 6.45) is 0. The second-order valence-corrected chi connectivity index (χ2v) is 7.85. The Morgan fingerprint density at radius 1 is 0.923 bits per heavy atom. The summed E-state index contributed by atoms with van der Waals surface area (Å²) in [5.41, 5.74) is 1.79. The fraction of sp³-hybridized carbons (Fsp3) is 0.368. The van der Waals surface area contributed by atoms with E-state index < -0.39 is 10.0 Å². The smallest absolute Gasteiger partial charge is 0.240 e. The minimum absolute atomic E-state index is 0.102. The van der Waals surface area contributed by atoms with Crippen molar-refractivity contribution in [2.75, 3.05) is 21.3 Å². The van der Waals surface area contributed by atoms with E-state index in [0.29, 0.717) is 28.7 Å². The zero-order valence-electron chi connectivity index (χ0n) is 15.7. The van der Waals surface area contributed by atoms with Crippen LogP contribution < -0.4 is 18.9 Å². The molecule has 7 heteroatoms. The quantitative estimate of drug-likeness (QED) is 0.762. The number of ether oxygens (including phenoxy) is 3. The molecular weight excluding hydrogens is 354 g/mol. The summed E-state index contributed by atoms with van der Waals surface area (Å²) in [6.45, 7) is 4.23. The van der Waals surface area contributed by atoms with Gasteiger partial charge in [0.15, 0.2) is 11.5 Å². The number of benzene rings is 2. The zero-order chi connectivity index (χ0) is 19.3. The number of hydrogen-bond acceptors (Lipinski definition) is 5. The van der Waals surface area contributed by atoms with E-state index in [1.54, 1.807) is 24.3 Å². The molecule has 0 atom stereocenters. The van der Waals surface area contributed by atoms with Gasteiger partial charge in [0.2, 0.25) is 15.8 Å². The Labute approximate surface area is 155 Å². The van der Waals surface area contributed by atoms with Crippen LogP contribution in [0.15, 0.2) is 41.3 Å². The van der Waals surface area contributed by atoms with E-state index in [-0.39, 0.29) is 11.4 Å². The molecule has 0 radical (unpaired) electrons. The van der Waals surface area contributed by atoms with E-state index in [1.165, 1.54) is 21.3 Å². The molecule has 0 aliphatic carbocycles. The summed E-state index contributed by atoms with van der Waals surface area (Å²) in [5.74, 6) is 1.76.